The van der Waals surface area contributed by atoms with Crippen molar-refractivity contribution < 1.29 is 26.7 Å². The molecule has 160 valence electrons. The molecule has 0 spiro atoms. The van der Waals surface area contributed by atoms with E-state index >= 15 is 0 Å². The SMILES string of the molecule is C.CC(N)c1ccccc1.[2H]C([2H])(O)C([2H])([2H])C([2H])([2H])Cl.[2H]C([2H])(O)C([2H])([2H])C([2H])([2H])NC(C)c1ccccc1. The Labute approximate surface area is 193 Å². The first-order chi connectivity index (χ1) is 17.3. The maximum atomic E-state index is 9.14. The first kappa shape index (κ1) is 13.0. The molecular formula is C23H39ClN2O2. The molecular weight excluding hydrogens is 372 g/mol. The highest BCUT2D eigenvalue weighted by atomic mass is 35.5. The molecule has 5 heteroatoms. The normalized spacial score (nSPS) is 21.1. The predicted molar refractivity (Wildman–Crippen MR) is 123 cm³/mol. The van der Waals surface area contributed by atoms with Crippen LogP contribution in [-0.4, -0.2) is 35.7 Å². The van der Waals surface area contributed by atoms with E-state index in [1.165, 1.54) is 5.56 Å². The number of hydrogen-bond donors (Lipinski definition) is 4. The third kappa shape index (κ3) is 15.6. The molecule has 2 aromatic carbocycles. The zero-order valence-electron chi connectivity index (χ0n) is 27.3. The Morgan fingerprint density at radius 2 is 1.39 bits per heavy atom. The van der Waals surface area contributed by atoms with E-state index in [-0.39, 0.29) is 13.5 Å². The summed E-state index contributed by atoms with van der Waals surface area (Å²) in [4.78, 5) is 0. The molecule has 2 aromatic rings. The van der Waals surface area contributed by atoms with Crippen LogP contribution in [0.5, 0.6) is 0 Å². The second-order valence-corrected chi connectivity index (χ2v) is 5.36. The smallest absolute Gasteiger partial charge is 0.0564 e. The molecule has 0 bridgehead atoms. The zero-order chi connectivity index (χ0) is 31.1. The fraction of sp³-hybridized carbons (Fsp3) is 0.478. The van der Waals surface area contributed by atoms with Gasteiger partial charge in [-0.15, -0.1) is 11.6 Å². The van der Waals surface area contributed by atoms with E-state index < -0.39 is 44.2 Å². The van der Waals surface area contributed by atoms with Gasteiger partial charge in [0.2, 0.25) is 0 Å². The summed E-state index contributed by atoms with van der Waals surface area (Å²) in [6.45, 7) is -5.70. The van der Waals surface area contributed by atoms with Crippen molar-refractivity contribution in [2.45, 2.75) is 46.1 Å². The van der Waals surface area contributed by atoms with Crippen molar-refractivity contribution in [1.82, 2.24) is 5.32 Å². The number of rotatable bonds is 8. The Kier molecular flexibility index (Phi) is 9.42. The molecule has 2 unspecified atom stereocenters. The van der Waals surface area contributed by atoms with E-state index in [1.54, 1.807) is 37.3 Å². The number of nitrogens with two attached hydrogens (primary N) is 1. The quantitative estimate of drug-likeness (QED) is 0.466. The molecule has 0 amide bonds. The standard InChI is InChI=1S/C11H17NO.C8H11N.C3H7ClO.CH4/c1-10(12-8-5-9-13)11-6-3-2-4-7-11;1-7(9)8-5-3-2-4-6-8;4-2-1-3-5;/h2-4,6-7,10,12-13H,5,8-9H2,1H3;2-7H,9H2,1H3;5H,1-3H2;1H4/i5D2,8D2,9D2;;1D2,2D2,3D2;. The zero-order valence-corrected chi connectivity index (χ0v) is 16.0. The third-order valence-electron chi connectivity index (χ3n) is 3.14. The molecule has 0 saturated heterocycles. The molecule has 0 aliphatic heterocycles. The molecule has 0 aliphatic rings. The lowest BCUT2D eigenvalue weighted by Crippen LogP contribution is -2.20. The van der Waals surface area contributed by atoms with Crippen molar-refractivity contribution >= 4 is 11.6 Å². The minimum absolute atomic E-state index is 0. The van der Waals surface area contributed by atoms with Gasteiger partial charge in [-0.05, 0) is 44.2 Å². The van der Waals surface area contributed by atoms with Gasteiger partial charge in [0.25, 0.3) is 0 Å². The topological polar surface area (TPSA) is 78.5 Å². The van der Waals surface area contributed by atoms with Crippen LogP contribution in [0.1, 0.15) is 73.7 Å². The highest BCUT2D eigenvalue weighted by molar-refractivity contribution is 6.17. The summed E-state index contributed by atoms with van der Waals surface area (Å²) in [5.74, 6) is -2.94. The summed E-state index contributed by atoms with van der Waals surface area (Å²) in [6.07, 6.45) is -6.23. The van der Waals surface area contributed by atoms with Crippen LogP contribution >= 0.6 is 11.6 Å². The second-order valence-electron chi connectivity index (χ2n) is 5.17. The molecule has 28 heavy (non-hydrogen) atoms. The van der Waals surface area contributed by atoms with Gasteiger partial charge in [0.05, 0.1) is 5.48 Å². The molecule has 5 N–H and O–H groups in total. The number of halogens is 1. The van der Waals surface area contributed by atoms with Crippen LogP contribution in [0.4, 0.5) is 0 Å². The Bertz CT molecular complexity index is 965. The van der Waals surface area contributed by atoms with Gasteiger partial charge in [-0.25, -0.2) is 0 Å². The van der Waals surface area contributed by atoms with Crippen molar-refractivity contribution in [1.29, 1.82) is 0 Å². The van der Waals surface area contributed by atoms with Gasteiger partial charge in [0.15, 0.2) is 0 Å². The molecule has 0 aromatic heterocycles. The number of benzene rings is 2. The van der Waals surface area contributed by atoms with Crippen LogP contribution in [-0.2, 0) is 0 Å². The minimum Gasteiger partial charge on any atom is -0.396 e. The van der Waals surface area contributed by atoms with E-state index in [0.717, 1.165) is 5.56 Å². The maximum Gasteiger partial charge on any atom is 0.0564 e. The summed E-state index contributed by atoms with van der Waals surface area (Å²) in [7, 11) is 0. The van der Waals surface area contributed by atoms with Crippen molar-refractivity contribution in [3.05, 3.63) is 71.8 Å². The first-order valence-corrected chi connectivity index (χ1v) is 8.44. The summed E-state index contributed by atoms with van der Waals surface area (Å²) in [5, 5.41) is 20.0. The van der Waals surface area contributed by atoms with Gasteiger partial charge < -0.3 is 21.3 Å². The first-order valence-electron chi connectivity index (χ1n) is 14.1. The Balaban J connectivity index is 0. The van der Waals surface area contributed by atoms with Crippen LogP contribution in [0.15, 0.2) is 60.7 Å². The summed E-state index contributed by atoms with van der Waals surface area (Å²) in [5.41, 5.74) is 7.54. The molecule has 0 heterocycles. The van der Waals surface area contributed by atoms with Crippen LogP contribution in [0.2, 0.25) is 0 Å². The molecule has 4 nitrogen and oxygen atoms in total. The van der Waals surface area contributed by atoms with Gasteiger partial charge in [-0.2, -0.15) is 0 Å². The monoisotopic (exact) mass is 422 g/mol. The van der Waals surface area contributed by atoms with Crippen molar-refractivity contribution in [3.8, 4) is 0 Å². The summed E-state index contributed by atoms with van der Waals surface area (Å²) in [6, 6.07) is 18.5. The van der Waals surface area contributed by atoms with Crippen molar-refractivity contribution in [3.63, 3.8) is 0 Å². The van der Waals surface area contributed by atoms with Crippen LogP contribution in [0.3, 0.4) is 0 Å². The third-order valence-corrected chi connectivity index (χ3v) is 3.23. The predicted octanol–water partition coefficient (Wildman–Crippen LogP) is 4.67. The number of hydrogen-bond acceptors (Lipinski definition) is 4. The van der Waals surface area contributed by atoms with Gasteiger partial charge in [-0.1, -0.05) is 68.1 Å². The van der Waals surface area contributed by atoms with E-state index in [2.05, 4.69) is 5.32 Å². The highest BCUT2D eigenvalue weighted by Gasteiger charge is 2.01. The van der Waals surface area contributed by atoms with Gasteiger partial charge in [-0.3, -0.25) is 0 Å². The molecule has 0 saturated carbocycles. The van der Waals surface area contributed by atoms with E-state index in [4.69, 9.17) is 44.0 Å². The molecule has 0 radical (unpaired) electrons. The summed E-state index contributed by atoms with van der Waals surface area (Å²) >= 11 is 4.87. The molecule has 2 rings (SSSR count). The average Bonchev–Trinajstić information content (AvgIpc) is 2.78. The number of aliphatic hydroxyl groups is 2. The van der Waals surface area contributed by atoms with Crippen LogP contribution in [0, 0.1) is 0 Å². The van der Waals surface area contributed by atoms with E-state index in [1.807, 2.05) is 37.3 Å². The van der Waals surface area contributed by atoms with Crippen molar-refractivity contribution in [2.75, 3.05) is 25.4 Å². The Morgan fingerprint density at radius 1 is 0.929 bits per heavy atom. The van der Waals surface area contributed by atoms with Gasteiger partial charge in [0.1, 0.15) is 0 Å². The molecule has 2 atom stereocenters. The molecule has 0 fully saturated rings. The van der Waals surface area contributed by atoms with Gasteiger partial charge >= 0.3 is 0 Å². The van der Waals surface area contributed by atoms with Crippen molar-refractivity contribution in [2.24, 2.45) is 5.73 Å². The average molecular weight is 423 g/mol. The van der Waals surface area contributed by atoms with Crippen LogP contribution < -0.4 is 11.1 Å². The van der Waals surface area contributed by atoms with Gasteiger partial charge in [0, 0.05) is 42.0 Å². The molecule has 0 aliphatic carbocycles. The number of nitrogens with one attached hydrogen (secondary N) is 1. The second kappa shape index (κ2) is 20.3. The largest absolute Gasteiger partial charge is 0.396 e. The highest BCUT2D eigenvalue weighted by Crippen LogP contribution is 2.10. The van der Waals surface area contributed by atoms with Crippen LogP contribution in [0.25, 0.3) is 0 Å². The van der Waals surface area contributed by atoms with E-state index in [9.17, 15) is 0 Å². The Hall–Kier alpha value is -1.43. The maximum absolute atomic E-state index is 9.14. The van der Waals surface area contributed by atoms with E-state index in [0.29, 0.717) is 0 Å². The number of alkyl halides is 1. The summed E-state index contributed by atoms with van der Waals surface area (Å²) < 4.78 is 84.0. The minimum atomic E-state index is -3.29. The Morgan fingerprint density at radius 3 is 1.71 bits per heavy atom. The lowest BCUT2D eigenvalue weighted by atomic mass is 10.1. The fourth-order valence-electron chi connectivity index (χ4n) is 1.78. The lowest BCUT2D eigenvalue weighted by Gasteiger charge is -2.13. The lowest BCUT2D eigenvalue weighted by molar-refractivity contribution is 0.284. The fourth-order valence-corrected chi connectivity index (χ4v) is 1.82.